The van der Waals surface area contributed by atoms with E-state index in [9.17, 15) is 30.8 Å². The second kappa shape index (κ2) is 12.5. The molecule has 0 aliphatic rings. The number of alkyl halides is 3. The van der Waals surface area contributed by atoms with Crippen molar-refractivity contribution in [2.45, 2.75) is 37.4 Å². The second-order valence-electron chi connectivity index (χ2n) is 8.72. The lowest BCUT2D eigenvalue weighted by Crippen LogP contribution is -2.39. The van der Waals surface area contributed by atoms with Gasteiger partial charge in [0.05, 0.1) is 11.5 Å². The van der Waals surface area contributed by atoms with Crippen molar-refractivity contribution in [3.05, 3.63) is 66.1 Å². The molecule has 0 aliphatic carbocycles. The number of nitrogens with one attached hydrogen (secondary N) is 3. The first-order valence-corrected chi connectivity index (χ1v) is 13.4. The largest absolute Gasteiger partial charge is 0.476 e. The SMILES string of the molecule is CCOC(=O)C(C)(C)Oc1ccc(S(=O)(=O)NCCNc2nc(Nc3ccc(F)cc3)cc(C(F)(F)F)n2)cc1. The van der Waals surface area contributed by atoms with Crippen LogP contribution in [0.25, 0.3) is 0 Å². The predicted octanol–water partition coefficient (Wildman–Crippen LogP) is 4.49. The van der Waals surface area contributed by atoms with E-state index in [-0.39, 0.29) is 36.2 Å². The van der Waals surface area contributed by atoms with Crippen LogP contribution in [0.4, 0.5) is 35.0 Å². The maximum Gasteiger partial charge on any atom is 0.433 e. The van der Waals surface area contributed by atoms with Gasteiger partial charge in [-0.1, -0.05) is 0 Å². The zero-order valence-electron chi connectivity index (χ0n) is 21.7. The van der Waals surface area contributed by atoms with E-state index in [1.54, 1.807) is 6.92 Å². The van der Waals surface area contributed by atoms with Crippen molar-refractivity contribution in [3.8, 4) is 5.75 Å². The Balaban J connectivity index is 1.62. The molecule has 1 aromatic heterocycles. The molecule has 3 rings (SSSR count). The van der Waals surface area contributed by atoms with Gasteiger partial charge in [-0.05, 0) is 69.3 Å². The first kappa shape index (κ1) is 30.6. The van der Waals surface area contributed by atoms with Crippen LogP contribution in [-0.4, -0.2) is 49.7 Å². The highest BCUT2D eigenvalue weighted by molar-refractivity contribution is 7.89. The van der Waals surface area contributed by atoms with Crippen molar-refractivity contribution >= 4 is 33.4 Å². The molecule has 2 aromatic carbocycles. The van der Waals surface area contributed by atoms with E-state index in [0.29, 0.717) is 11.8 Å². The third-order valence-corrected chi connectivity index (χ3v) is 6.58. The van der Waals surface area contributed by atoms with Crippen molar-refractivity contribution in [3.63, 3.8) is 0 Å². The number of carbonyl (C=O) groups excluding carboxylic acids is 1. The zero-order valence-corrected chi connectivity index (χ0v) is 22.5. The number of benzene rings is 2. The molecule has 40 heavy (non-hydrogen) atoms. The van der Waals surface area contributed by atoms with Gasteiger partial charge in [0.15, 0.2) is 11.3 Å². The standard InChI is InChI=1S/C25H27F4N5O5S/c1-4-38-22(35)24(2,3)39-18-9-11-19(12-10-18)40(36,37)31-14-13-30-23-33-20(25(27,28)29)15-21(34-23)32-17-7-5-16(26)6-8-17/h5-12,15,31H,4,13-14H2,1-3H3,(H2,30,32,33,34). The number of hydrogen-bond donors (Lipinski definition) is 3. The van der Waals surface area contributed by atoms with E-state index in [1.807, 2.05) is 0 Å². The number of ether oxygens (including phenoxy) is 2. The fourth-order valence-corrected chi connectivity index (χ4v) is 4.22. The molecule has 0 radical (unpaired) electrons. The van der Waals surface area contributed by atoms with Gasteiger partial charge in [-0.15, -0.1) is 0 Å². The van der Waals surface area contributed by atoms with E-state index in [2.05, 4.69) is 25.3 Å². The molecule has 0 saturated heterocycles. The summed E-state index contributed by atoms with van der Waals surface area (Å²) in [5.74, 6) is -1.46. The molecule has 216 valence electrons. The van der Waals surface area contributed by atoms with Crippen LogP contribution in [0.1, 0.15) is 26.5 Å². The van der Waals surface area contributed by atoms with E-state index in [1.165, 1.54) is 50.2 Å². The summed E-state index contributed by atoms with van der Waals surface area (Å²) in [6.45, 7) is 4.51. The van der Waals surface area contributed by atoms with Crippen LogP contribution in [0.5, 0.6) is 5.75 Å². The summed E-state index contributed by atoms with van der Waals surface area (Å²) >= 11 is 0. The summed E-state index contributed by atoms with van der Waals surface area (Å²) in [5.41, 5.74) is -2.23. The number of rotatable bonds is 12. The molecule has 3 N–H and O–H groups in total. The van der Waals surface area contributed by atoms with Crippen LogP contribution in [0.15, 0.2) is 59.5 Å². The Morgan fingerprint density at radius 3 is 2.23 bits per heavy atom. The monoisotopic (exact) mass is 585 g/mol. The van der Waals surface area contributed by atoms with Gasteiger partial charge in [-0.3, -0.25) is 0 Å². The van der Waals surface area contributed by atoms with E-state index < -0.39 is 45.2 Å². The molecule has 15 heteroatoms. The van der Waals surface area contributed by atoms with Crippen LogP contribution >= 0.6 is 0 Å². The highest BCUT2D eigenvalue weighted by atomic mass is 32.2. The lowest BCUT2D eigenvalue weighted by atomic mass is 10.1. The molecular weight excluding hydrogens is 558 g/mol. The second-order valence-corrected chi connectivity index (χ2v) is 10.5. The molecular formula is C25H27F4N5O5S. The maximum atomic E-state index is 13.3. The van der Waals surface area contributed by atoms with Gasteiger partial charge in [0, 0.05) is 24.8 Å². The molecule has 0 saturated carbocycles. The molecule has 10 nitrogen and oxygen atoms in total. The Labute approximate surface area is 228 Å². The van der Waals surface area contributed by atoms with Crippen LogP contribution in [0, 0.1) is 5.82 Å². The molecule has 0 spiro atoms. The molecule has 3 aromatic rings. The average molecular weight is 586 g/mol. The predicted molar refractivity (Wildman–Crippen MR) is 138 cm³/mol. The topological polar surface area (TPSA) is 132 Å². The van der Waals surface area contributed by atoms with Gasteiger partial charge in [0.1, 0.15) is 17.4 Å². The lowest BCUT2D eigenvalue weighted by Gasteiger charge is -2.24. The van der Waals surface area contributed by atoms with Crippen molar-refractivity contribution in [1.82, 2.24) is 14.7 Å². The van der Waals surface area contributed by atoms with Crippen LogP contribution in [0.3, 0.4) is 0 Å². The van der Waals surface area contributed by atoms with Gasteiger partial charge in [0.2, 0.25) is 16.0 Å². The first-order chi connectivity index (χ1) is 18.7. The highest BCUT2D eigenvalue weighted by Crippen LogP contribution is 2.30. The summed E-state index contributed by atoms with van der Waals surface area (Å²) in [7, 11) is -3.98. The molecule has 0 atom stereocenters. The third-order valence-electron chi connectivity index (χ3n) is 5.11. The normalized spacial score (nSPS) is 12.1. The van der Waals surface area contributed by atoms with Crippen LogP contribution in [0.2, 0.25) is 0 Å². The lowest BCUT2D eigenvalue weighted by molar-refractivity contribution is -0.158. The molecule has 0 fully saturated rings. The number of carbonyl (C=O) groups is 1. The summed E-state index contributed by atoms with van der Waals surface area (Å²) in [5, 5.41) is 5.21. The number of sulfonamides is 1. The van der Waals surface area contributed by atoms with Crippen LogP contribution < -0.4 is 20.1 Å². The number of anilines is 3. The summed E-state index contributed by atoms with van der Waals surface area (Å²) in [6.07, 6.45) is -4.78. The van der Waals surface area contributed by atoms with Gasteiger partial charge < -0.3 is 20.1 Å². The first-order valence-electron chi connectivity index (χ1n) is 11.9. The van der Waals surface area contributed by atoms with E-state index in [4.69, 9.17) is 9.47 Å². The Morgan fingerprint density at radius 1 is 0.975 bits per heavy atom. The quantitative estimate of drug-likeness (QED) is 0.160. The van der Waals surface area contributed by atoms with Gasteiger partial charge in [-0.25, -0.2) is 27.3 Å². The average Bonchev–Trinajstić information content (AvgIpc) is 2.88. The zero-order chi connectivity index (χ0) is 29.6. The van der Waals surface area contributed by atoms with Gasteiger partial charge in [-0.2, -0.15) is 18.2 Å². The Hall–Kier alpha value is -3.98. The van der Waals surface area contributed by atoms with E-state index >= 15 is 0 Å². The Bertz CT molecular complexity index is 1420. The highest BCUT2D eigenvalue weighted by Gasteiger charge is 2.34. The van der Waals surface area contributed by atoms with Crippen molar-refractivity contribution in [2.75, 3.05) is 30.3 Å². The molecule has 0 unspecified atom stereocenters. The van der Waals surface area contributed by atoms with Crippen molar-refractivity contribution in [1.29, 1.82) is 0 Å². The Kier molecular flexibility index (Phi) is 9.52. The Morgan fingerprint density at radius 2 is 1.62 bits per heavy atom. The summed E-state index contributed by atoms with van der Waals surface area (Å²) < 4.78 is 91.3. The van der Waals surface area contributed by atoms with Gasteiger partial charge >= 0.3 is 12.1 Å². The maximum absolute atomic E-state index is 13.3. The molecule has 0 bridgehead atoms. The molecule has 1 heterocycles. The number of nitrogens with zero attached hydrogens (tertiary/aromatic N) is 2. The molecule has 0 aliphatic heterocycles. The number of esters is 1. The smallest absolute Gasteiger partial charge is 0.433 e. The number of hydrogen-bond acceptors (Lipinski definition) is 9. The minimum Gasteiger partial charge on any atom is -0.476 e. The van der Waals surface area contributed by atoms with Crippen molar-refractivity contribution in [2.24, 2.45) is 0 Å². The third kappa shape index (κ3) is 8.51. The van der Waals surface area contributed by atoms with Crippen molar-refractivity contribution < 1.29 is 40.2 Å². The van der Waals surface area contributed by atoms with Crippen LogP contribution in [-0.2, 0) is 25.7 Å². The summed E-state index contributed by atoms with van der Waals surface area (Å²) in [4.78, 5) is 19.3. The summed E-state index contributed by atoms with van der Waals surface area (Å²) in [6, 6.07) is 10.9. The van der Waals surface area contributed by atoms with Gasteiger partial charge in [0.25, 0.3) is 0 Å². The number of halogens is 4. The number of aromatic nitrogens is 2. The molecule has 0 amide bonds. The fraction of sp³-hybridized carbons (Fsp3) is 0.320. The minimum absolute atomic E-state index is 0.102. The van der Waals surface area contributed by atoms with E-state index in [0.717, 1.165) is 12.1 Å². The fourth-order valence-electron chi connectivity index (χ4n) is 3.19. The minimum atomic E-state index is -4.78.